The van der Waals surface area contributed by atoms with E-state index in [9.17, 15) is 40.2 Å². The van der Waals surface area contributed by atoms with Crippen LogP contribution in [0.5, 0.6) is 0 Å². The quantitative estimate of drug-likeness (QED) is 0.0943. The van der Waals surface area contributed by atoms with E-state index in [0.29, 0.717) is 12.8 Å². The Bertz CT molecular complexity index is 692. The van der Waals surface area contributed by atoms with E-state index in [1.165, 1.54) is 0 Å². The molecule has 0 spiro atoms. The molecule has 0 unspecified atom stereocenters. The van der Waals surface area contributed by atoms with Crippen molar-refractivity contribution in [3.05, 3.63) is 0 Å². The highest BCUT2D eigenvalue weighted by Gasteiger charge is 2.50. The molecule has 2 aliphatic heterocycles. The number of hydrogen-bond acceptors (Lipinski definition) is 13. The number of aliphatic hydroxyl groups is 6. The summed E-state index contributed by atoms with van der Waals surface area (Å²) in [5.41, 5.74) is 0. The van der Waals surface area contributed by atoms with Crippen molar-refractivity contribution in [2.75, 3.05) is 13.2 Å². The second kappa shape index (κ2) is 19.0. The van der Waals surface area contributed by atoms with Crippen LogP contribution >= 0.6 is 0 Å². The number of ether oxygens (including phenoxy) is 5. The molecule has 2 rings (SSSR count). The molecule has 2 fully saturated rings. The summed E-state index contributed by atoms with van der Waals surface area (Å²) in [5, 5.41) is 62.2. The van der Waals surface area contributed by atoms with Crippen LogP contribution in [0.4, 0.5) is 0 Å². The number of carbonyl (C=O) groups excluding carboxylic acids is 2. The molecular formula is C28H50O13. The molecule has 0 aromatic heterocycles. The molecule has 41 heavy (non-hydrogen) atoms. The van der Waals surface area contributed by atoms with Gasteiger partial charge in [-0.3, -0.25) is 9.59 Å². The molecule has 240 valence electrons. The molecule has 10 atom stereocenters. The van der Waals surface area contributed by atoms with Gasteiger partial charge in [0.1, 0.15) is 62.0 Å². The minimum atomic E-state index is -1.79. The first kappa shape index (κ1) is 35.8. The normalized spacial score (nSPS) is 33.9. The molecule has 0 bridgehead atoms. The van der Waals surface area contributed by atoms with Gasteiger partial charge in [0.15, 0.2) is 12.6 Å². The Morgan fingerprint density at radius 1 is 0.537 bits per heavy atom. The number of aliphatic hydroxyl groups excluding tert-OH is 6. The fraction of sp³-hybridized carbons (Fsp3) is 0.929. The summed E-state index contributed by atoms with van der Waals surface area (Å²) in [4.78, 5) is 24.2. The zero-order valence-corrected chi connectivity index (χ0v) is 24.2. The molecule has 0 aromatic carbocycles. The Morgan fingerprint density at radius 3 is 1.27 bits per heavy atom. The van der Waals surface area contributed by atoms with Crippen molar-refractivity contribution in [3.8, 4) is 0 Å². The lowest BCUT2D eigenvalue weighted by Gasteiger charge is -2.44. The molecule has 0 aromatic rings. The number of rotatable bonds is 18. The second-order valence-corrected chi connectivity index (χ2v) is 10.9. The van der Waals surface area contributed by atoms with Crippen molar-refractivity contribution in [2.45, 2.75) is 152 Å². The fourth-order valence-corrected chi connectivity index (χ4v) is 4.71. The van der Waals surface area contributed by atoms with Crippen molar-refractivity contribution < 1.29 is 63.9 Å². The SMILES string of the molecule is CCCCCCCC(=O)OC[C@H]1O[C@H](O[C@H]2O[C@H](COC(=O)CCCCCCC)[C@@H](O)[C@H](O)[C@H]2O)[C@H](O)[C@@H](O)[C@@H]1O. The molecule has 2 saturated heterocycles. The van der Waals surface area contributed by atoms with Gasteiger partial charge in [-0.15, -0.1) is 0 Å². The highest BCUT2D eigenvalue weighted by molar-refractivity contribution is 5.69. The van der Waals surface area contributed by atoms with Gasteiger partial charge < -0.3 is 54.3 Å². The van der Waals surface area contributed by atoms with Gasteiger partial charge in [0.25, 0.3) is 0 Å². The van der Waals surface area contributed by atoms with Crippen LogP contribution < -0.4 is 0 Å². The van der Waals surface area contributed by atoms with E-state index in [0.717, 1.165) is 51.4 Å². The number of carbonyl (C=O) groups is 2. The summed E-state index contributed by atoms with van der Waals surface area (Å²) in [5.74, 6) is -1.01. The van der Waals surface area contributed by atoms with Crippen LogP contribution in [0, 0.1) is 0 Å². The highest BCUT2D eigenvalue weighted by atomic mass is 16.8. The Labute approximate surface area is 241 Å². The van der Waals surface area contributed by atoms with Gasteiger partial charge in [-0.05, 0) is 12.8 Å². The van der Waals surface area contributed by atoms with E-state index < -0.39 is 86.6 Å². The molecule has 13 heteroatoms. The van der Waals surface area contributed by atoms with E-state index in [-0.39, 0.29) is 12.8 Å². The zero-order chi connectivity index (χ0) is 30.4. The maximum atomic E-state index is 12.1. The van der Waals surface area contributed by atoms with Crippen molar-refractivity contribution in [2.24, 2.45) is 0 Å². The predicted molar refractivity (Wildman–Crippen MR) is 143 cm³/mol. The molecule has 0 radical (unpaired) electrons. The first-order valence-electron chi connectivity index (χ1n) is 15.0. The zero-order valence-electron chi connectivity index (χ0n) is 24.2. The van der Waals surface area contributed by atoms with E-state index in [1.807, 2.05) is 0 Å². The Kier molecular flexibility index (Phi) is 16.6. The van der Waals surface area contributed by atoms with Crippen LogP contribution in [0.1, 0.15) is 90.9 Å². The molecule has 13 nitrogen and oxygen atoms in total. The van der Waals surface area contributed by atoms with Crippen molar-refractivity contribution in [3.63, 3.8) is 0 Å². The fourth-order valence-electron chi connectivity index (χ4n) is 4.71. The summed E-state index contributed by atoms with van der Waals surface area (Å²) < 4.78 is 26.9. The van der Waals surface area contributed by atoms with Crippen LogP contribution in [0.2, 0.25) is 0 Å². The molecule has 0 saturated carbocycles. The summed E-state index contributed by atoms with van der Waals surface area (Å²) >= 11 is 0. The molecule has 2 aliphatic rings. The largest absolute Gasteiger partial charge is 0.463 e. The number of hydrogen-bond donors (Lipinski definition) is 6. The van der Waals surface area contributed by atoms with Gasteiger partial charge in [0.2, 0.25) is 0 Å². The van der Waals surface area contributed by atoms with Gasteiger partial charge >= 0.3 is 11.9 Å². The van der Waals surface area contributed by atoms with Crippen LogP contribution in [0.15, 0.2) is 0 Å². The number of esters is 2. The summed E-state index contributed by atoms with van der Waals surface area (Å²) in [6, 6.07) is 0. The molecule has 0 amide bonds. The van der Waals surface area contributed by atoms with Gasteiger partial charge in [-0.25, -0.2) is 0 Å². The average molecular weight is 595 g/mol. The minimum Gasteiger partial charge on any atom is -0.463 e. The predicted octanol–water partition coefficient (Wildman–Crippen LogP) is 0.426. The van der Waals surface area contributed by atoms with Crippen molar-refractivity contribution >= 4 is 11.9 Å². The first-order chi connectivity index (χ1) is 19.6. The van der Waals surface area contributed by atoms with Gasteiger partial charge in [0, 0.05) is 12.8 Å². The van der Waals surface area contributed by atoms with E-state index in [4.69, 9.17) is 23.7 Å². The topological polar surface area (TPSA) is 202 Å². The lowest BCUT2D eigenvalue weighted by molar-refractivity contribution is -0.376. The van der Waals surface area contributed by atoms with E-state index in [1.54, 1.807) is 0 Å². The van der Waals surface area contributed by atoms with Crippen LogP contribution in [0.25, 0.3) is 0 Å². The van der Waals surface area contributed by atoms with E-state index >= 15 is 0 Å². The van der Waals surface area contributed by atoms with Gasteiger partial charge in [0.05, 0.1) is 0 Å². The summed E-state index contributed by atoms with van der Waals surface area (Å²) in [7, 11) is 0. The average Bonchev–Trinajstić information content (AvgIpc) is 2.96. The van der Waals surface area contributed by atoms with Crippen molar-refractivity contribution in [1.29, 1.82) is 0 Å². The minimum absolute atomic E-state index is 0.185. The maximum absolute atomic E-state index is 12.1. The summed E-state index contributed by atoms with van der Waals surface area (Å²) in [6.45, 7) is 3.33. The van der Waals surface area contributed by atoms with Crippen LogP contribution in [0.3, 0.4) is 0 Å². The van der Waals surface area contributed by atoms with Gasteiger partial charge in [-0.1, -0.05) is 65.2 Å². The Balaban J connectivity index is 1.89. The third kappa shape index (κ3) is 11.6. The van der Waals surface area contributed by atoms with Crippen LogP contribution in [-0.2, 0) is 33.3 Å². The van der Waals surface area contributed by atoms with Gasteiger partial charge in [-0.2, -0.15) is 0 Å². The standard InChI is InChI=1S/C28H50O13/c1-3-5-7-9-11-13-19(29)37-15-17-21(31)23(33)25(35)27(39-17)41-28-26(36)24(34)22(32)18(40-28)16-38-20(30)14-12-10-8-6-4-2/h17-18,21-28,31-36H,3-16H2,1-2H3/t17-,18-,21-,22-,23+,24+,25-,26-,27-,28-/m1/s1. The lowest BCUT2D eigenvalue weighted by atomic mass is 9.98. The third-order valence-electron chi connectivity index (χ3n) is 7.39. The highest BCUT2D eigenvalue weighted by Crippen LogP contribution is 2.28. The van der Waals surface area contributed by atoms with Crippen LogP contribution in [-0.4, -0.2) is 117 Å². The smallest absolute Gasteiger partial charge is 0.305 e. The Morgan fingerprint density at radius 2 is 0.902 bits per heavy atom. The Hall–Kier alpha value is -1.42. The lowest BCUT2D eigenvalue weighted by Crippen LogP contribution is -2.64. The first-order valence-corrected chi connectivity index (χ1v) is 15.0. The monoisotopic (exact) mass is 594 g/mol. The van der Waals surface area contributed by atoms with Crippen molar-refractivity contribution in [1.82, 2.24) is 0 Å². The molecule has 6 N–H and O–H groups in total. The number of unbranched alkanes of at least 4 members (excludes halogenated alkanes) is 8. The summed E-state index contributed by atoms with van der Waals surface area (Å²) in [6.07, 6.45) is -6.39. The maximum Gasteiger partial charge on any atom is 0.305 e. The molecule has 0 aliphatic carbocycles. The molecular weight excluding hydrogens is 544 g/mol. The van der Waals surface area contributed by atoms with E-state index in [2.05, 4.69) is 13.8 Å². The second-order valence-electron chi connectivity index (χ2n) is 10.9. The third-order valence-corrected chi connectivity index (χ3v) is 7.39. The molecule has 2 heterocycles.